The van der Waals surface area contributed by atoms with Crippen molar-refractivity contribution in [2.24, 2.45) is 5.10 Å². The topological polar surface area (TPSA) is 55.6 Å². The van der Waals surface area contributed by atoms with Crippen molar-refractivity contribution in [3.63, 3.8) is 0 Å². The number of benzene rings is 2. The molecule has 1 heterocycles. The summed E-state index contributed by atoms with van der Waals surface area (Å²) < 4.78 is 8.42. The summed E-state index contributed by atoms with van der Waals surface area (Å²) in [5, 5.41) is 4.16. The van der Waals surface area contributed by atoms with Crippen LogP contribution in [0, 0.1) is 31.3 Å². The number of hydrazone groups is 1. The predicted molar refractivity (Wildman–Crippen MR) is 125 cm³/mol. The molecule has 29 heavy (non-hydrogen) atoms. The van der Waals surface area contributed by atoms with E-state index >= 15 is 0 Å². The molecule has 0 aliphatic carbocycles. The molecule has 5 nitrogen and oxygen atoms in total. The molecule has 2 aromatic carbocycles. The highest BCUT2D eigenvalue weighted by molar-refractivity contribution is 14.1. The average molecular weight is 501 g/mol. The number of aryl methyl sites for hydroxylation is 3. The largest absolute Gasteiger partial charge is 0.496 e. The van der Waals surface area contributed by atoms with Crippen molar-refractivity contribution in [1.82, 2.24) is 9.99 Å². The Morgan fingerprint density at radius 1 is 1.07 bits per heavy atom. The first kappa shape index (κ1) is 21.1. The number of rotatable bonds is 5. The van der Waals surface area contributed by atoms with Gasteiger partial charge < -0.3 is 9.30 Å². The van der Waals surface area contributed by atoms with Crippen molar-refractivity contribution in [3.05, 3.63) is 79.7 Å². The second-order valence-corrected chi connectivity index (χ2v) is 8.22. The summed E-state index contributed by atoms with van der Waals surface area (Å²) >= 11 is 2.17. The Morgan fingerprint density at radius 3 is 2.41 bits per heavy atom. The Labute approximate surface area is 184 Å². The van der Waals surface area contributed by atoms with Crippen LogP contribution in [0.3, 0.4) is 0 Å². The smallest absolute Gasteiger partial charge is 0.271 e. The zero-order valence-electron chi connectivity index (χ0n) is 17.2. The molecular formula is C23H24IN3O2. The number of amides is 1. The molecule has 0 saturated carbocycles. The summed E-state index contributed by atoms with van der Waals surface area (Å²) in [6.07, 6.45) is 1.68. The minimum Gasteiger partial charge on any atom is -0.496 e. The summed E-state index contributed by atoms with van der Waals surface area (Å²) in [5.74, 6) is 0.387. The van der Waals surface area contributed by atoms with Crippen LogP contribution in [0.4, 0.5) is 0 Å². The van der Waals surface area contributed by atoms with Gasteiger partial charge in [0.25, 0.3) is 5.91 Å². The lowest BCUT2D eigenvalue weighted by molar-refractivity contribution is 0.0954. The van der Waals surface area contributed by atoms with Crippen LogP contribution in [0.15, 0.2) is 47.6 Å². The maximum Gasteiger partial charge on any atom is 0.271 e. The number of nitrogens with one attached hydrogen (secondary N) is 1. The molecule has 0 atom stereocenters. The monoisotopic (exact) mass is 501 g/mol. The number of hydrogen-bond donors (Lipinski definition) is 1. The molecule has 1 aromatic heterocycles. The van der Waals surface area contributed by atoms with Crippen LogP contribution < -0.4 is 10.2 Å². The van der Waals surface area contributed by atoms with Gasteiger partial charge in [0.05, 0.1) is 16.9 Å². The van der Waals surface area contributed by atoms with Crippen molar-refractivity contribution >= 4 is 34.7 Å². The van der Waals surface area contributed by atoms with Gasteiger partial charge in [-0.15, -0.1) is 0 Å². The molecule has 0 unspecified atom stereocenters. The van der Waals surface area contributed by atoms with Gasteiger partial charge in [0.2, 0.25) is 0 Å². The van der Waals surface area contributed by atoms with Gasteiger partial charge in [0, 0.05) is 28.2 Å². The molecule has 3 rings (SSSR count). The predicted octanol–water partition coefficient (Wildman–Crippen LogP) is 5.09. The first-order valence-corrected chi connectivity index (χ1v) is 10.3. The van der Waals surface area contributed by atoms with Gasteiger partial charge in [0.1, 0.15) is 5.75 Å². The highest BCUT2D eigenvalue weighted by Crippen LogP contribution is 2.23. The van der Waals surface area contributed by atoms with Gasteiger partial charge in [-0.05, 0) is 97.8 Å². The molecule has 6 heteroatoms. The van der Waals surface area contributed by atoms with Gasteiger partial charge in [-0.1, -0.05) is 6.07 Å². The molecule has 1 amide bonds. The van der Waals surface area contributed by atoms with E-state index < -0.39 is 0 Å². The van der Waals surface area contributed by atoms with Crippen LogP contribution in [-0.4, -0.2) is 23.8 Å². The van der Waals surface area contributed by atoms with Crippen LogP contribution in [0.1, 0.15) is 38.4 Å². The molecule has 0 saturated heterocycles. The van der Waals surface area contributed by atoms with E-state index in [1.807, 2.05) is 6.07 Å². The maximum atomic E-state index is 12.4. The lowest BCUT2D eigenvalue weighted by Gasteiger charge is -2.11. The van der Waals surface area contributed by atoms with Gasteiger partial charge in [-0.25, -0.2) is 5.43 Å². The molecular weight excluding hydrogens is 477 g/mol. The fourth-order valence-electron chi connectivity index (χ4n) is 3.42. The van der Waals surface area contributed by atoms with Crippen molar-refractivity contribution < 1.29 is 9.53 Å². The summed E-state index contributed by atoms with van der Waals surface area (Å²) in [7, 11) is 1.59. The van der Waals surface area contributed by atoms with Crippen LogP contribution in [0.2, 0.25) is 0 Å². The Bertz CT molecular complexity index is 1080. The Balaban J connectivity index is 1.80. The van der Waals surface area contributed by atoms with E-state index in [4.69, 9.17) is 4.74 Å². The number of halogens is 1. The molecule has 0 radical (unpaired) electrons. The fourth-order valence-corrected chi connectivity index (χ4v) is 3.98. The second-order valence-electron chi connectivity index (χ2n) is 7.06. The molecule has 0 aliphatic rings. The van der Waals surface area contributed by atoms with Crippen LogP contribution in [-0.2, 0) is 0 Å². The number of aromatic nitrogens is 1. The quantitative estimate of drug-likeness (QED) is 0.301. The van der Waals surface area contributed by atoms with Crippen molar-refractivity contribution in [3.8, 4) is 11.4 Å². The van der Waals surface area contributed by atoms with E-state index in [9.17, 15) is 4.79 Å². The van der Waals surface area contributed by atoms with Gasteiger partial charge >= 0.3 is 0 Å². The first-order chi connectivity index (χ1) is 13.8. The highest BCUT2D eigenvalue weighted by atomic mass is 127. The van der Waals surface area contributed by atoms with Crippen molar-refractivity contribution in [2.75, 3.05) is 7.11 Å². The number of carbonyl (C=O) groups excluding carboxylic acids is 1. The Hall–Kier alpha value is -2.61. The number of methoxy groups -OCH3 is 1. The Morgan fingerprint density at radius 2 is 1.76 bits per heavy atom. The molecule has 1 N–H and O–H groups in total. The number of hydrogen-bond acceptors (Lipinski definition) is 3. The van der Waals surface area contributed by atoms with E-state index in [1.165, 1.54) is 11.1 Å². The summed E-state index contributed by atoms with van der Waals surface area (Å²) in [6.45, 7) is 8.32. The van der Waals surface area contributed by atoms with E-state index in [2.05, 4.69) is 89.6 Å². The van der Waals surface area contributed by atoms with Crippen molar-refractivity contribution in [2.45, 2.75) is 27.7 Å². The van der Waals surface area contributed by atoms with Gasteiger partial charge in [0.15, 0.2) is 0 Å². The van der Waals surface area contributed by atoms with Crippen molar-refractivity contribution in [1.29, 1.82) is 0 Å². The lowest BCUT2D eigenvalue weighted by atomic mass is 10.1. The van der Waals surface area contributed by atoms with Gasteiger partial charge in [-0.3, -0.25) is 4.79 Å². The van der Waals surface area contributed by atoms with Crippen LogP contribution >= 0.6 is 22.6 Å². The van der Waals surface area contributed by atoms with Gasteiger partial charge in [-0.2, -0.15) is 5.10 Å². The normalized spacial score (nSPS) is 11.1. The molecule has 0 aliphatic heterocycles. The number of carbonyl (C=O) groups is 1. The minimum absolute atomic E-state index is 0.279. The number of ether oxygens (including phenoxy) is 1. The third-order valence-electron chi connectivity index (χ3n) is 4.72. The maximum absolute atomic E-state index is 12.4. The van der Waals surface area contributed by atoms with E-state index in [-0.39, 0.29) is 5.91 Å². The van der Waals surface area contributed by atoms with E-state index in [1.54, 1.807) is 25.5 Å². The fraction of sp³-hybridized carbons (Fsp3) is 0.217. The summed E-state index contributed by atoms with van der Waals surface area (Å²) in [5.41, 5.74) is 9.82. The standard InChI is InChI=1S/C23H24IN3O2/c1-14-8-15(2)10-20(9-14)27-16(3)11-19(17(27)4)13-25-26-23(28)18-6-7-21(24)22(12-18)29-5/h6-13H,1-5H3,(H,26,28)/b25-13-. The third-order valence-corrected chi connectivity index (χ3v) is 5.61. The third kappa shape index (κ3) is 4.70. The molecule has 0 bridgehead atoms. The summed E-state index contributed by atoms with van der Waals surface area (Å²) in [6, 6.07) is 13.9. The molecule has 150 valence electrons. The van der Waals surface area contributed by atoms with E-state index in [0.29, 0.717) is 11.3 Å². The molecule has 0 fully saturated rings. The van der Waals surface area contributed by atoms with E-state index in [0.717, 1.165) is 26.2 Å². The zero-order valence-corrected chi connectivity index (χ0v) is 19.4. The number of nitrogens with zero attached hydrogens (tertiary/aromatic N) is 2. The minimum atomic E-state index is -0.279. The average Bonchev–Trinajstić information content (AvgIpc) is 2.94. The Kier molecular flexibility index (Phi) is 6.42. The molecule has 0 spiro atoms. The first-order valence-electron chi connectivity index (χ1n) is 9.24. The SMILES string of the molecule is COc1cc(C(=O)N/N=C\c2cc(C)n(-c3cc(C)cc(C)c3)c2C)ccc1I. The zero-order chi connectivity index (χ0) is 21.1. The lowest BCUT2D eigenvalue weighted by Crippen LogP contribution is -2.17. The summed E-state index contributed by atoms with van der Waals surface area (Å²) in [4.78, 5) is 12.4. The van der Waals surface area contributed by atoms with Crippen LogP contribution in [0.25, 0.3) is 5.69 Å². The highest BCUT2D eigenvalue weighted by Gasteiger charge is 2.11. The molecule has 3 aromatic rings. The van der Waals surface area contributed by atoms with Crippen LogP contribution in [0.5, 0.6) is 5.75 Å². The second kappa shape index (κ2) is 8.82.